The molecule has 7 N–H and O–H groups in total. The van der Waals surface area contributed by atoms with Crippen LogP contribution in [0.15, 0.2) is 120 Å². The van der Waals surface area contributed by atoms with E-state index in [0.717, 1.165) is 12.7 Å². The number of likely N-dealkylation sites (N-methyl/N-ethyl adjacent to an activating group) is 2. The molecule has 0 saturated heterocycles. The number of nitrogens with one attached hydrogen (secondary N) is 2. The Labute approximate surface area is 363 Å². The summed E-state index contributed by atoms with van der Waals surface area (Å²) in [7, 11) is -2.02. The fourth-order valence-electron chi connectivity index (χ4n) is 3.57. The summed E-state index contributed by atoms with van der Waals surface area (Å²) in [5, 5.41) is 29.5. The van der Waals surface area contributed by atoms with E-state index in [9.17, 15) is 33.0 Å². The van der Waals surface area contributed by atoms with Gasteiger partial charge in [-0.05, 0) is 42.7 Å². The first-order valence-corrected chi connectivity index (χ1v) is 17.2. The molecule has 4 aromatic rings. The van der Waals surface area contributed by atoms with Crippen molar-refractivity contribution < 1.29 is 59.4 Å². The molecule has 0 aromatic heterocycles. The normalized spacial score (nSPS) is 13.5. The molecule has 0 radical (unpaired) electrons. The number of esters is 1. The number of aryl methyl sites for hydroxylation is 1. The number of carbonyl (C=O) groups excluding carboxylic acids is 3. The first-order valence-electron chi connectivity index (χ1n) is 19.2. The SMILES string of the molecule is C.C.C.C.CO.COC(=O)[C@@H](O)c1ccccc1.ClCCl.[2H]C([2H])([2H])N.[2H]C([2H])([2H])NC(=O)[C@@H](O)c1ccccc1.[2H]C([2H])([2H])NC(=O)[C@@H](OS(=O)(=O)c1ccc(C)cc1)c1ccccc1. The number of methoxy groups -OCH3 is 1. The predicted octanol–water partition coefficient (Wildman–Crippen LogP) is 6.70. The van der Waals surface area contributed by atoms with Crippen LogP contribution in [0.25, 0.3) is 0 Å². The molecule has 4 aromatic carbocycles. The largest absolute Gasteiger partial charge is 0.467 e. The van der Waals surface area contributed by atoms with Gasteiger partial charge in [0.15, 0.2) is 18.3 Å². The van der Waals surface area contributed by atoms with Crippen molar-refractivity contribution in [3.63, 3.8) is 0 Å². The number of nitrogens with two attached hydrogens (primary N) is 1. The summed E-state index contributed by atoms with van der Waals surface area (Å²) >= 11 is 9.53. The number of hydrogen-bond donors (Lipinski definition) is 6. The van der Waals surface area contributed by atoms with Crippen LogP contribution in [0.3, 0.4) is 0 Å². The first kappa shape index (κ1) is 45.3. The highest BCUT2D eigenvalue weighted by Crippen LogP contribution is 2.24. The standard InChI is InChI=1S/C16H17NO4S.C9H11NO2.C9H10O3.CH2Cl2.CH5N.CH4O.4CH4/c1-12-8-10-14(11-9-12)22(19,20)21-15(16(18)17-2)13-6-4-3-5-7-13;1-10-9(12)8(11)7-5-3-2-4-6-7;1-12-9(11)8(10)7-5-3-2-4-6-7;2-1-3;2*1-2;;;;/h3-11,15H,1-2H3,(H,17,18);2-6,8,11H,1H3,(H,10,12);2-6,8,10H,1H3;1H2;2H2,1H3;2H,1H3;4*1H4/t15-;2*8-;;;;;;;/m000......./s1/i2D3;1D3;;;1D3;;;;;. The fourth-order valence-corrected chi connectivity index (χ4v) is 4.60. The molecule has 324 valence electrons. The lowest BCUT2D eigenvalue weighted by Gasteiger charge is -2.16. The van der Waals surface area contributed by atoms with E-state index in [1.54, 1.807) is 102 Å². The second-order valence-electron chi connectivity index (χ2n) is 9.38. The van der Waals surface area contributed by atoms with Crippen LogP contribution in [0.5, 0.6) is 0 Å². The molecule has 0 bridgehead atoms. The average molecular weight is 872 g/mol. The lowest BCUT2D eigenvalue weighted by atomic mass is 10.1. The molecule has 0 unspecified atom stereocenters. The summed E-state index contributed by atoms with van der Waals surface area (Å²) < 4.78 is 94.3. The Morgan fingerprint density at radius 1 is 0.702 bits per heavy atom. The van der Waals surface area contributed by atoms with E-state index in [1.807, 2.05) is 6.07 Å². The zero-order valence-electron chi connectivity index (χ0n) is 37.8. The maximum Gasteiger partial charge on any atom is 0.339 e. The minimum absolute atomic E-state index is 0. The molecular formula is C41H65Cl2N3O10S. The maximum absolute atomic E-state index is 12.5. The zero-order chi connectivity index (χ0) is 48.3. The summed E-state index contributed by atoms with van der Waals surface area (Å²) in [6.07, 6.45) is -4.24. The van der Waals surface area contributed by atoms with Gasteiger partial charge in [0, 0.05) is 33.4 Å². The van der Waals surface area contributed by atoms with E-state index >= 15 is 0 Å². The second kappa shape index (κ2) is 38.5. The molecule has 13 nitrogen and oxygen atoms in total. The quantitative estimate of drug-likeness (QED) is 0.0592. The molecule has 0 saturated carbocycles. The molecule has 2 amide bonds. The van der Waals surface area contributed by atoms with Crippen LogP contribution >= 0.6 is 23.2 Å². The van der Waals surface area contributed by atoms with Crippen LogP contribution in [0, 0.1) is 6.92 Å². The number of rotatable bonds is 9. The Morgan fingerprint density at radius 2 is 1.05 bits per heavy atom. The molecule has 0 aliphatic carbocycles. The van der Waals surface area contributed by atoms with Crippen LogP contribution < -0.4 is 16.4 Å². The van der Waals surface area contributed by atoms with Gasteiger partial charge in [0.1, 0.15) is 0 Å². The smallest absolute Gasteiger partial charge is 0.339 e. The Bertz CT molecular complexity index is 1970. The summed E-state index contributed by atoms with van der Waals surface area (Å²) in [6.45, 7) is -5.79. The highest BCUT2D eigenvalue weighted by Gasteiger charge is 2.28. The van der Waals surface area contributed by atoms with Crippen LogP contribution in [-0.2, 0) is 33.4 Å². The monoisotopic (exact) mass is 870 g/mol. The Balaban J connectivity index is -0.000000190. The summed E-state index contributed by atoms with van der Waals surface area (Å²) in [6, 6.07) is 30.5. The van der Waals surface area contributed by atoms with Crippen LogP contribution in [0.2, 0.25) is 0 Å². The van der Waals surface area contributed by atoms with Crippen molar-refractivity contribution >= 4 is 51.1 Å². The number of halogens is 2. The van der Waals surface area contributed by atoms with Crippen molar-refractivity contribution in [2.75, 3.05) is 40.5 Å². The lowest BCUT2D eigenvalue weighted by Crippen LogP contribution is -2.29. The second-order valence-corrected chi connectivity index (χ2v) is 11.8. The van der Waals surface area contributed by atoms with Crippen LogP contribution in [0.4, 0.5) is 0 Å². The minimum Gasteiger partial charge on any atom is -0.467 e. The average Bonchev–Trinajstić information content (AvgIpc) is 3.20. The van der Waals surface area contributed by atoms with Crippen molar-refractivity contribution in [2.45, 2.75) is 59.8 Å². The number of benzene rings is 4. The number of ether oxygens (including phenoxy) is 1. The minimum atomic E-state index is -4.27. The van der Waals surface area contributed by atoms with Crippen molar-refractivity contribution in [1.29, 1.82) is 0 Å². The number of amides is 2. The lowest BCUT2D eigenvalue weighted by molar-refractivity contribution is -0.150. The van der Waals surface area contributed by atoms with Gasteiger partial charge in [0.25, 0.3) is 21.9 Å². The van der Waals surface area contributed by atoms with Crippen molar-refractivity contribution in [3.8, 4) is 0 Å². The van der Waals surface area contributed by atoms with Gasteiger partial charge in [-0.3, -0.25) is 9.59 Å². The van der Waals surface area contributed by atoms with Crippen molar-refractivity contribution in [1.82, 2.24) is 10.6 Å². The molecular weight excluding hydrogens is 797 g/mol. The Kier molecular flexibility index (Phi) is 30.6. The molecule has 0 aliphatic heterocycles. The third-order valence-electron chi connectivity index (χ3n) is 6.02. The number of aliphatic hydroxyl groups excluding tert-OH is 3. The van der Waals surface area contributed by atoms with Gasteiger partial charge in [-0.25, -0.2) is 8.98 Å². The molecule has 0 aliphatic rings. The van der Waals surface area contributed by atoms with Gasteiger partial charge in [0.05, 0.1) is 17.3 Å². The van der Waals surface area contributed by atoms with Gasteiger partial charge in [-0.15, -0.1) is 23.2 Å². The molecule has 3 atom stereocenters. The third kappa shape index (κ3) is 25.5. The van der Waals surface area contributed by atoms with Crippen LogP contribution in [-0.4, -0.2) is 82.0 Å². The number of alkyl halides is 2. The van der Waals surface area contributed by atoms with Gasteiger partial charge < -0.3 is 36.4 Å². The van der Waals surface area contributed by atoms with Gasteiger partial charge in [-0.1, -0.05) is 138 Å². The highest BCUT2D eigenvalue weighted by atomic mass is 35.5. The summed E-state index contributed by atoms with van der Waals surface area (Å²) in [5.41, 5.74) is 6.34. The molecule has 4 rings (SSSR count). The van der Waals surface area contributed by atoms with E-state index < -0.39 is 67.1 Å². The molecule has 57 heavy (non-hydrogen) atoms. The predicted molar refractivity (Wildman–Crippen MR) is 233 cm³/mol. The molecule has 0 spiro atoms. The van der Waals surface area contributed by atoms with Gasteiger partial charge in [0.2, 0.25) is 0 Å². The summed E-state index contributed by atoms with van der Waals surface area (Å²) in [5.74, 6) is -2.63. The Morgan fingerprint density at radius 3 is 1.42 bits per heavy atom. The number of hydrogen-bond acceptors (Lipinski definition) is 11. The first-order chi connectivity index (χ1) is 28.7. The zero-order valence-corrected chi connectivity index (χ0v) is 31.2. The highest BCUT2D eigenvalue weighted by molar-refractivity contribution is 7.86. The van der Waals surface area contributed by atoms with E-state index in [2.05, 4.69) is 10.5 Å². The van der Waals surface area contributed by atoms with E-state index in [1.165, 1.54) is 31.4 Å². The maximum atomic E-state index is 12.5. The van der Waals surface area contributed by atoms with Gasteiger partial charge >= 0.3 is 5.97 Å². The molecule has 16 heteroatoms. The number of carbonyl (C=O) groups is 3. The fraction of sp³-hybridized carbons (Fsp3) is 0.341. The summed E-state index contributed by atoms with van der Waals surface area (Å²) in [4.78, 5) is 34.2. The molecule has 0 fully saturated rings. The molecule has 0 heterocycles. The van der Waals surface area contributed by atoms with Gasteiger partial charge in [-0.2, -0.15) is 8.42 Å². The van der Waals surface area contributed by atoms with E-state index in [0.29, 0.717) is 11.1 Å². The van der Waals surface area contributed by atoms with Crippen molar-refractivity contribution in [3.05, 3.63) is 138 Å². The topological polar surface area (TPSA) is 215 Å². The Hall–Kier alpha value is -4.38. The number of aliphatic hydroxyl groups is 3. The third-order valence-corrected chi connectivity index (χ3v) is 7.32. The van der Waals surface area contributed by atoms with E-state index in [4.69, 9.17) is 44.8 Å². The van der Waals surface area contributed by atoms with Crippen molar-refractivity contribution in [2.24, 2.45) is 5.73 Å². The van der Waals surface area contributed by atoms with E-state index in [-0.39, 0.29) is 45.5 Å². The van der Waals surface area contributed by atoms with Crippen LogP contribution in [0.1, 0.15) is 82.6 Å².